The van der Waals surface area contributed by atoms with Gasteiger partial charge in [-0.05, 0) is 49.8 Å². The molecule has 0 radical (unpaired) electrons. The quantitative estimate of drug-likeness (QED) is 0.604. The van der Waals surface area contributed by atoms with Crippen molar-refractivity contribution in [3.63, 3.8) is 0 Å². The van der Waals surface area contributed by atoms with Crippen molar-refractivity contribution in [2.75, 3.05) is 13.2 Å². The molecule has 7 nitrogen and oxygen atoms in total. The Morgan fingerprint density at radius 2 is 1.42 bits per heavy atom. The van der Waals surface area contributed by atoms with Gasteiger partial charge in [0.1, 0.15) is 0 Å². The summed E-state index contributed by atoms with van der Waals surface area (Å²) in [4.78, 5) is 20.8. The van der Waals surface area contributed by atoms with Gasteiger partial charge in [-0.25, -0.2) is 9.59 Å². The molecule has 2 aliphatic rings. The number of hydrogen-bond acceptors (Lipinski definition) is 5. The minimum absolute atomic E-state index is 0.0186. The fourth-order valence-corrected chi connectivity index (χ4v) is 2.81. The number of carbonyl (C=O) groups is 2. The second-order valence-corrected chi connectivity index (χ2v) is 6.49. The van der Waals surface area contributed by atoms with E-state index in [1.54, 1.807) is 0 Å². The standard InChI is InChI=1S/C8H6O4.C7H16N2.C4H8O/c9-7(10)5-2-1-3-6(4-5)8(11)12;8-7(9)6-4-2-1-3-5-6;1-2-4-5-3-1/h1-4H,(H,9,10)(H,11,12);6-7H,1-5,8-9H2;1-4H2. The lowest BCUT2D eigenvalue weighted by Gasteiger charge is -2.24. The third-order valence-electron chi connectivity index (χ3n) is 4.38. The van der Waals surface area contributed by atoms with Gasteiger partial charge in [0.15, 0.2) is 0 Å². The van der Waals surface area contributed by atoms with Gasteiger partial charge in [0.05, 0.1) is 17.3 Å². The van der Waals surface area contributed by atoms with Crippen LogP contribution in [0.25, 0.3) is 0 Å². The van der Waals surface area contributed by atoms with Gasteiger partial charge in [0.2, 0.25) is 0 Å². The van der Waals surface area contributed by atoms with E-state index < -0.39 is 11.9 Å². The van der Waals surface area contributed by atoms with Gasteiger partial charge in [0.25, 0.3) is 0 Å². The van der Waals surface area contributed by atoms with Crippen molar-refractivity contribution in [2.45, 2.75) is 51.1 Å². The first kappa shape index (κ1) is 22.1. The largest absolute Gasteiger partial charge is 0.478 e. The second-order valence-electron chi connectivity index (χ2n) is 6.49. The summed E-state index contributed by atoms with van der Waals surface area (Å²) in [6.07, 6.45) is 9.02. The predicted molar refractivity (Wildman–Crippen MR) is 99.2 cm³/mol. The monoisotopic (exact) mass is 366 g/mol. The van der Waals surface area contributed by atoms with Crippen molar-refractivity contribution in [3.8, 4) is 0 Å². The van der Waals surface area contributed by atoms with Gasteiger partial charge in [0, 0.05) is 13.2 Å². The van der Waals surface area contributed by atoms with Gasteiger partial charge in [-0.3, -0.25) is 0 Å². The zero-order valence-corrected chi connectivity index (χ0v) is 15.1. The molecule has 1 saturated carbocycles. The van der Waals surface area contributed by atoms with Crippen molar-refractivity contribution in [3.05, 3.63) is 35.4 Å². The number of carboxylic acid groups (broad SMARTS) is 2. The Hall–Kier alpha value is -1.96. The lowest BCUT2D eigenvalue weighted by Crippen LogP contribution is -2.39. The van der Waals surface area contributed by atoms with E-state index in [4.69, 9.17) is 26.4 Å². The number of nitrogens with two attached hydrogens (primary N) is 2. The average Bonchev–Trinajstić information content (AvgIpc) is 3.23. The average molecular weight is 366 g/mol. The van der Waals surface area contributed by atoms with Crippen LogP contribution in [-0.4, -0.2) is 41.5 Å². The second kappa shape index (κ2) is 12.4. The molecule has 2 fully saturated rings. The summed E-state index contributed by atoms with van der Waals surface area (Å²) < 4.78 is 4.94. The van der Waals surface area contributed by atoms with E-state index in [1.165, 1.54) is 63.1 Å². The lowest BCUT2D eigenvalue weighted by molar-refractivity contribution is 0.0696. The number of ether oxygens (including phenoxy) is 1. The molecule has 0 spiro atoms. The highest BCUT2D eigenvalue weighted by molar-refractivity contribution is 5.93. The molecule has 1 saturated heterocycles. The minimum Gasteiger partial charge on any atom is -0.478 e. The normalized spacial score (nSPS) is 16.9. The topological polar surface area (TPSA) is 136 Å². The van der Waals surface area contributed by atoms with Crippen LogP contribution in [0.2, 0.25) is 0 Å². The zero-order valence-electron chi connectivity index (χ0n) is 15.1. The summed E-state index contributed by atoms with van der Waals surface area (Å²) in [6.45, 7) is 2.00. The predicted octanol–water partition coefficient (Wildman–Crippen LogP) is 2.69. The van der Waals surface area contributed by atoms with Crippen molar-refractivity contribution in [1.82, 2.24) is 0 Å². The molecule has 7 heteroatoms. The number of hydrogen-bond donors (Lipinski definition) is 4. The van der Waals surface area contributed by atoms with Crippen LogP contribution < -0.4 is 11.5 Å². The van der Waals surface area contributed by atoms with E-state index in [2.05, 4.69) is 0 Å². The highest BCUT2D eigenvalue weighted by Crippen LogP contribution is 2.23. The molecular formula is C19H30N2O5. The first-order valence-electron chi connectivity index (χ1n) is 9.07. The molecule has 0 atom stereocenters. The number of benzene rings is 1. The SMILES string of the molecule is C1CCOC1.NC(N)C1CCCCC1.O=C(O)c1cccc(C(=O)O)c1. The van der Waals surface area contributed by atoms with Crippen molar-refractivity contribution in [1.29, 1.82) is 0 Å². The van der Waals surface area contributed by atoms with Crippen LogP contribution in [0.4, 0.5) is 0 Å². The van der Waals surface area contributed by atoms with Crippen molar-refractivity contribution >= 4 is 11.9 Å². The van der Waals surface area contributed by atoms with E-state index in [9.17, 15) is 9.59 Å². The van der Waals surface area contributed by atoms with E-state index in [-0.39, 0.29) is 17.3 Å². The Kier molecular flexibility index (Phi) is 10.5. The Morgan fingerprint density at radius 3 is 1.73 bits per heavy atom. The summed E-state index contributed by atoms with van der Waals surface area (Å²) in [5, 5.41) is 17.0. The molecule has 1 aliphatic heterocycles. The fourth-order valence-electron chi connectivity index (χ4n) is 2.81. The molecule has 0 aromatic heterocycles. The molecule has 0 bridgehead atoms. The third-order valence-corrected chi connectivity index (χ3v) is 4.38. The Morgan fingerprint density at radius 1 is 0.923 bits per heavy atom. The Bertz CT molecular complexity index is 516. The van der Waals surface area contributed by atoms with Crippen LogP contribution in [0.15, 0.2) is 24.3 Å². The first-order chi connectivity index (χ1) is 12.4. The zero-order chi connectivity index (χ0) is 19.4. The molecule has 1 aliphatic carbocycles. The first-order valence-corrected chi connectivity index (χ1v) is 9.07. The Balaban J connectivity index is 0.000000211. The summed E-state index contributed by atoms with van der Waals surface area (Å²) in [5.74, 6) is -1.64. The van der Waals surface area contributed by atoms with Crippen molar-refractivity contribution < 1.29 is 24.5 Å². The summed E-state index contributed by atoms with van der Waals surface area (Å²) in [7, 11) is 0. The molecule has 1 aromatic rings. The van der Waals surface area contributed by atoms with Crippen LogP contribution >= 0.6 is 0 Å². The summed E-state index contributed by atoms with van der Waals surface area (Å²) >= 11 is 0. The highest BCUT2D eigenvalue weighted by atomic mass is 16.5. The lowest BCUT2D eigenvalue weighted by atomic mass is 9.87. The number of rotatable bonds is 3. The van der Waals surface area contributed by atoms with E-state index in [0.29, 0.717) is 5.92 Å². The summed E-state index contributed by atoms with van der Waals surface area (Å²) in [5.41, 5.74) is 11.1. The van der Waals surface area contributed by atoms with Crippen LogP contribution in [0.3, 0.4) is 0 Å². The van der Waals surface area contributed by atoms with Crippen LogP contribution in [0.5, 0.6) is 0 Å². The highest BCUT2D eigenvalue weighted by Gasteiger charge is 2.16. The van der Waals surface area contributed by atoms with Gasteiger partial charge < -0.3 is 26.4 Å². The van der Waals surface area contributed by atoms with Gasteiger partial charge in [-0.2, -0.15) is 0 Å². The van der Waals surface area contributed by atoms with Crippen LogP contribution in [0.1, 0.15) is 65.7 Å². The maximum atomic E-state index is 10.4. The molecule has 0 unspecified atom stereocenters. The minimum atomic E-state index is -1.13. The maximum Gasteiger partial charge on any atom is 0.335 e. The molecular weight excluding hydrogens is 336 g/mol. The smallest absolute Gasteiger partial charge is 0.335 e. The van der Waals surface area contributed by atoms with Crippen molar-refractivity contribution in [2.24, 2.45) is 17.4 Å². The number of carboxylic acids is 2. The van der Waals surface area contributed by atoms with E-state index in [0.717, 1.165) is 19.3 Å². The number of aromatic carboxylic acids is 2. The van der Waals surface area contributed by atoms with Crippen LogP contribution in [0, 0.1) is 5.92 Å². The van der Waals surface area contributed by atoms with E-state index in [1.807, 2.05) is 0 Å². The maximum absolute atomic E-state index is 10.4. The third kappa shape index (κ3) is 8.94. The molecule has 1 aromatic carbocycles. The van der Waals surface area contributed by atoms with Gasteiger partial charge in [-0.1, -0.05) is 25.3 Å². The summed E-state index contributed by atoms with van der Waals surface area (Å²) in [6, 6.07) is 5.20. The fraction of sp³-hybridized carbons (Fsp3) is 0.579. The molecule has 1 heterocycles. The molecule has 26 heavy (non-hydrogen) atoms. The molecule has 6 N–H and O–H groups in total. The van der Waals surface area contributed by atoms with E-state index >= 15 is 0 Å². The Labute approximate surface area is 154 Å². The van der Waals surface area contributed by atoms with Gasteiger partial charge >= 0.3 is 11.9 Å². The molecule has 146 valence electrons. The van der Waals surface area contributed by atoms with Crippen LogP contribution in [-0.2, 0) is 4.74 Å². The molecule has 3 rings (SSSR count). The molecule has 0 amide bonds. The van der Waals surface area contributed by atoms with Gasteiger partial charge in [-0.15, -0.1) is 0 Å².